The van der Waals surface area contributed by atoms with E-state index >= 15 is 0 Å². The third-order valence-corrected chi connectivity index (χ3v) is 3.98. The number of esters is 1. The van der Waals surface area contributed by atoms with Gasteiger partial charge in [0.2, 0.25) is 0 Å². The lowest BCUT2D eigenvalue weighted by Gasteiger charge is -2.19. The zero-order valence-electron chi connectivity index (χ0n) is 12.2. The summed E-state index contributed by atoms with van der Waals surface area (Å²) in [7, 11) is 0. The summed E-state index contributed by atoms with van der Waals surface area (Å²) in [5.74, 6) is -0.619. The number of carbonyl (C=O) groups excluding carboxylic acids is 2. The molecule has 0 aromatic heterocycles. The highest BCUT2D eigenvalue weighted by Gasteiger charge is 2.23. The van der Waals surface area contributed by atoms with Gasteiger partial charge in [-0.05, 0) is 43.5 Å². The van der Waals surface area contributed by atoms with Gasteiger partial charge in [-0.3, -0.25) is 9.59 Å². The van der Waals surface area contributed by atoms with Crippen molar-refractivity contribution in [1.29, 1.82) is 0 Å². The zero-order valence-corrected chi connectivity index (χ0v) is 12.9. The average Bonchev–Trinajstić information content (AvgIpc) is 2.48. The van der Waals surface area contributed by atoms with E-state index in [9.17, 15) is 9.59 Å². The van der Waals surface area contributed by atoms with Gasteiger partial charge in [-0.2, -0.15) is 0 Å². The molecule has 0 aliphatic heterocycles. The van der Waals surface area contributed by atoms with E-state index in [4.69, 9.17) is 16.3 Å². The molecule has 1 aliphatic rings. The molecule has 1 aliphatic carbocycles. The topological polar surface area (TPSA) is 55.4 Å². The van der Waals surface area contributed by atoms with Crippen LogP contribution in [-0.4, -0.2) is 18.5 Å². The van der Waals surface area contributed by atoms with E-state index in [0.29, 0.717) is 10.7 Å². The largest absolute Gasteiger partial charge is 0.455 e. The van der Waals surface area contributed by atoms with Crippen molar-refractivity contribution in [2.45, 2.75) is 39.0 Å². The van der Waals surface area contributed by atoms with Crippen molar-refractivity contribution in [3.8, 4) is 0 Å². The van der Waals surface area contributed by atoms with Gasteiger partial charge in [0.15, 0.2) is 6.61 Å². The van der Waals surface area contributed by atoms with Crippen molar-refractivity contribution >= 4 is 29.2 Å². The first-order valence-electron chi connectivity index (χ1n) is 7.29. The van der Waals surface area contributed by atoms with Gasteiger partial charge in [-0.15, -0.1) is 0 Å². The van der Waals surface area contributed by atoms with Crippen LogP contribution in [0, 0.1) is 12.8 Å². The monoisotopic (exact) mass is 309 g/mol. The molecule has 1 N–H and O–H groups in total. The minimum Gasteiger partial charge on any atom is -0.455 e. The molecule has 1 aromatic carbocycles. The predicted molar refractivity (Wildman–Crippen MR) is 82.4 cm³/mol. The van der Waals surface area contributed by atoms with Crippen LogP contribution in [0.25, 0.3) is 0 Å². The Bertz CT molecular complexity index is 524. The molecule has 21 heavy (non-hydrogen) atoms. The van der Waals surface area contributed by atoms with Crippen LogP contribution < -0.4 is 5.32 Å². The lowest BCUT2D eigenvalue weighted by Crippen LogP contribution is -2.26. The first-order chi connectivity index (χ1) is 10.1. The lowest BCUT2D eigenvalue weighted by molar-refractivity contribution is -0.152. The number of hydrogen-bond acceptors (Lipinski definition) is 3. The number of nitrogens with one attached hydrogen (secondary N) is 1. The van der Waals surface area contributed by atoms with Gasteiger partial charge in [-0.1, -0.05) is 30.9 Å². The second kappa shape index (κ2) is 7.46. The van der Waals surface area contributed by atoms with Crippen LogP contribution in [0.5, 0.6) is 0 Å². The maximum absolute atomic E-state index is 11.8. The molecule has 0 bridgehead atoms. The fourth-order valence-corrected chi connectivity index (χ4v) is 2.77. The Morgan fingerprint density at radius 1 is 1.29 bits per heavy atom. The first-order valence-corrected chi connectivity index (χ1v) is 7.66. The van der Waals surface area contributed by atoms with Gasteiger partial charge in [0.05, 0.1) is 5.92 Å². The summed E-state index contributed by atoms with van der Waals surface area (Å²) in [6.07, 6.45) is 5.06. The Morgan fingerprint density at radius 3 is 2.67 bits per heavy atom. The molecular weight excluding hydrogens is 290 g/mol. The molecule has 0 atom stereocenters. The number of rotatable bonds is 4. The molecular formula is C16H20ClNO3. The summed E-state index contributed by atoms with van der Waals surface area (Å²) in [6, 6.07) is 5.21. The van der Waals surface area contributed by atoms with E-state index in [-0.39, 0.29) is 24.4 Å². The number of amides is 1. The van der Waals surface area contributed by atoms with Gasteiger partial charge >= 0.3 is 5.97 Å². The van der Waals surface area contributed by atoms with Gasteiger partial charge in [0.1, 0.15) is 0 Å². The summed E-state index contributed by atoms with van der Waals surface area (Å²) in [4.78, 5) is 23.7. The molecule has 5 heteroatoms. The Balaban J connectivity index is 1.80. The fraction of sp³-hybridized carbons (Fsp3) is 0.500. The molecule has 0 radical (unpaired) electrons. The molecule has 0 spiro atoms. The van der Waals surface area contributed by atoms with E-state index in [1.165, 1.54) is 6.42 Å². The highest BCUT2D eigenvalue weighted by Crippen LogP contribution is 2.24. The number of halogens is 1. The Hall–Kier alpha value is -1.55. The number of ether oxygens (including phenoxy) is 1. The second-order valence-corrected chi connectivity index (χ2v) is 5.89. The highest BCUT2D eigenvalue weighted by molar-refractivity contribution is 6.30. The van der Waals surface area contributed by atoms with E-state index < -0.39 is 0 Å². The van der Waals surface area contributed by atoms with E-state index in [0.717, 1.165) is 31.2 Å². The van der Waals surface area contributed by atoms with Gasteiger partial charge < -0.3 is 10.1 Å². The zero-order chi connectivity index (χ0) is 15.2. The normalized spacial score (nSPS) is 15.5. The van der Waals surface area contributed by atoms with Crippen molar-refractivity contribution in [1.82, 2.24) is 0 Å². The van der Waals surface area contributed by atoms with Crippen molar-refractivity contribution < 1.29 is 14.3 Å². The Labute approximate surface area is 129 Å². The van der Waals surface area contributed by atoms with Crippen LogP contribution in [0.1, 0.15) is 37.7 Å². The number of aryl methyl sites for hydroxylation is 1. The molecule has 0 unspecified atom stereocenters. The van der Waals surface area contributed by atoms with E-state index in [2.05, 4.69) is 5.32 Å². The van der Waals surface area contributed by atoms with Crippen molar-refractivity contribution in [3.63, 3.8) is 0 Å². The molecule has 2 rings (SSSR count). The van der Waals surface area contributed by atoms with Crippen molar-refractivity contribution in [3.05, 3.63) is 28.8 Å². The summed E-state index contributed by atoms with van der Waals surface area (Å²) in [6.45, 7) is 1.62. The fourth-order valence-electron chi connectivity index (χ4n) is 2.55. The number of carbonyl (C=O) groups is 2. The van der Waals surface area contributed by atoms with E-state index in [1.807, 2.05) is 6.92 Å². The Morgan fingerprint density at radius 2 is 2.00 bits per heavy atom. The number of anilines is 1. The third kappa shape index (κ3) is 4.74. The molecule has 0 saturated heterocycles. The summed E-state index contributed by atoms with van der Waals surface area (Å²) >= 11 is 5.86. The van der Waals surface area contributed by atoms with Crippen molar-refractivity contribution in [2.24, 2.45) is 5.92 Å². The molecule has 1 saturated carbocycles. The Kier molecular flexibility index (Phi) is 5.62. The summed E-state index contributed by atoms with van der Waals surface area (Å²) in [5.41, 5.74) is 1.55. The first kappa shape index (κ1) is 15.8. The van der Waals surface area contributed by atoms with Gasteiger partial charge in [-0.25, -0.2) is 0 Å². The molecule has 1 aromatic rings. The molecule has 0 heterocycles. The smallest absolute Gasteiger partial charge is 0.309 e. The standard InChI is InChI=1S/C16H20ClNO3/c1-11-9-13(17)7-8-14(11)18-15(19)10-21-16(20)12-5-3-2-4-6-12/h7-9,12H,2-6,10H2,1H3,(H,18,19). The van der Waals surface area contributed by atoms with Crippen LogP contribution in [0.15, 0.2) is 18.2 Å². The number of hydrogen-bond donors (Lipinski definition) is 1. The molecule has 1 fully saturated rings. The van der Waals surface area contributed by atoms with Crippen LogP contribution in [0.4, 0.5) is 5.69 Å². The third-order valence-electron chi connectivity index (χ3n) is 3.75. The maximum Gasteiger partial charge on any atom is 0.309 e. The van der Waals surface area contributed by atoms with Crippen LogP contribution in [0.2, 0.25) is 5.02 Å². The van der Waals surface area contributed by atoms with Gasteiger partial charge in [0, 0.05) is 10.7 Å². The van der Waals surface area contributed by atoms with Crippen LogP contribution >= 0.6 is 11.6 Å². The van der Waals surface area contributed by atoms with Crippen LogP contribution in [-0.2, 0) is 14.3 Å². The predicted octanol–water partition coefficient (Wildman–Crippen LogP) is 3.71. The SMILES string of the molecule is Cc1cc(Cl)ccc1NC(=O)COC(=O)C1CCCCC1. The maximum atomic E-state index is 11.8. The van der Waals surface area contributed by atoms with Crippen LogP contribution in [0.3, 0.4) is 0 Å². The van der Waals surface area contributed by atoms with E-state index in [1.54, 1.807) is 18.2 Å². The second-order valence-electron chi connectivity index (χ2n) is 5.45. The highest BCUT2D eigenvalue weighted by atomic mass is 35.5. The summed E-state index contributed by atoms with van der Waals surface area (Å²) in [5, 5.41) is 3.34. The van der Waals surface area contributed by atoms with Gasteiger partial charge in [0.25, 0.3) is 5.91 Å². The minimum atomic E-state index is -0.329. The molecule has 114 valence electrons. The number of benzene rings is 1. The molecule has 4 nitrogen and oxygen atoms in total. The quantitative estimate of drug-likeness (QED) is 0.863. The summed E-state index contributed by atoms with van der Waals surface area (Å²) < 4.78 is 5.10. The molecule has 1 amide bonds. The average molecular weight is 310 g/mol. The lowest BCUT2D eigenvalue weighted by atomic mass is 9.89. The minimum absolute atomic E-state index is 0.0381. The van der Waals surface area contributed by atoms with Crippen molar-refractivity contribution in [2.75, 3.05) is 11.9 Å².